The van der Waals surface area contributed by atoms with Crippen LogP contribution >= 0.6 is 0 Å². The highest BCUT2D eigenvalue weighted by Crippen LogP contribution is 2.32. The van der Waals surface area contributed by atoms with Gasteiger partial charge >= 0.3 is 0 Å². The van der Waals surface area contributed by atoms with Crippen molar-refractivity contribution in [3.8, 4) is 0 Å². The number of rotatable bonds is 2. The maximum atomic E-state index is 5.25. The van der Waals surface area contributed by atoms with Gasteiger partial charge in [0.05, 0.1) is 5.60 Å². The molecule has 2 nitrogen and oxygen atoms in total. The molecule has 0 aliphatic heterocycles. The Morgan fingerprint density at radius 2 is 1.90 bits per heavy atom. The molecule has 0 unspecified atom stereocenters. The summed E-state index contributed by atoms with van der Waals surface area (Å²) in [6, 6.07) is 0. The van der Waals surface area contributed by atoms with Gasteiger partial charge in [-0.05, 0) is 19.3 Å². The summed E-state index contributed by atoms with van der Waals surface area (Å²) in [5, 5.41) is 0. The molecular weight excluding hydrogens is 126 g/mol. The molecule has 0 radical (unpaired) electrons. The van der Waals surface area contributed by atoms with E-state index in [0.29, 0.717) is 0 Å². The highest BCUT2D eigenvalue weighted by molar-refractivity contribution is 4.81. The average Bonchev–Trinajstić information content (AvgIpc) is 2.06. The van der Waals surface area contributed by atoms with Gasteiger partial charge < -0.3 is 0 Å². The molecule has 1 rings (SSSR count). The van der Waals surface area contributed by atoms with Crippen LogP contribution in [0.2, 0.25) is 0 Å². The van der Waals surface area contributed by atoms with Crippen molar-refractivity contribution < 1.29 is 4.84 Å². The van der Waals surface area contributed by atoms with E-state index in [4.69, 9.17) is 10.7 Å². The van der Waals surface area contributed by atoms with E-state index in [2.05, 4.69) is 6.92 Å². The van der Waals surface area contributed by atoms with Gasteiger partial charge in [0.15, 0.2) is 0 Å². The summed E-state index contributed by atoms with van der Waals surface area (Å²) >= 11 is 0. The monoisotopic (exact) mass is 143 g/mol. The number of hydrogen-bond acceptors (Lipinski definition) is 2. The van der Waals surface area contributed by atoms with E-state index in [-0.39, 0.29) is 5.60 Å². The zero-order valence-corrected chi connectivity index (χ0v) is 6.73. The van der Waals surface area contributed by atoms with Gasteiger partial charge in [-0.25, -0.2) is 5.90 Å². The van der Waals surface area contributed by atoms with Crippen LogP contribution in [-0.2, 0) is 4.84 Å². The van der Waals surface area contributed by atoms with Gasteiger partial charge in [0.1, 0.15) is 0 Å². The highest BCUT2D eigenvalue weighted by Gasteiger charge is 2.30. The maximum Gasteiger partial charge on any atom is 0.0891 e. The Hall–Kier alpha value is -0.0800. The minimum Gasteiger partial charge on any atom is -0.298 e. The molecule has 10 heavy (non-hydrogen) atoms. The standard InChI is InChI=1S/C8H17NO/c1-2-8(10-9)6-4-3-5-7-8/h2-7,9H2,1H3. The Morgan fingerprint density at radius 1 is 1.30 bits per heavy atom. The number of nitrogens with two attached hydrogens (primary N) is 1. The summed E-state index contributed by atoms with van der Waals surface area (Å²) in [7, 11) is 0. The van der Waals surface area contributed by atoms with Crippen LogP contribution in [0.5, 0.6) is 0 Å². The molecule has 0 spiro atoms. The van der Waals surface area contributed by atoms with Crippen molar-refractivity contribution in [3.05, 3.63) is 0 Å². The molecule has 1 fully saturated rings. The first kappa shape index (κ1) is 8.02. The molecule has 1 aliphatic carbocycles. The molecule has 0 aromatic carbocycles. The molecule has 0 aromatic rings. The van der Waals surface area contributed by atoms with Crippen LogP contribution in [-0.4, -0.2) is 5.60 Å². The lowest BCUT2D eigenvalue weighted by Gasteiger charge is -2.33. The van der Waals surface area contributed by atoms with Gasteiger partial charge in [-0.3, -0.25) is 4.84 Å². The van der Waals surface area contributed by atoms with Gasteiger partial charge in [-0.15, -0.1) is 0 Å². The van der Waals surface area contributed by atoms with E-state index in [9.17, 15) is 0 Å². The SMILES string of the molecule is CCC1(ON)CCCCC1. The summed E-state index contributed by atoms with van der Waals surface area (Å²) in [5.74, 6) is 5.25. The van der Waals surface area contributed by atoms with Crippen molar-refractivity contribution in [3.63, 3.8) is 0 Å². The summed E-state index contributed by atoms with van der Waals surface area (Å²) in [4.78, 5) is 5.03. The summed E-state index contributed by atoms with van der Waals surface area (Å²) in [5.41, 5.74) is 0.0399. The second-order valence-electron chi connectivity index (χ2n) is 3.22. The third kappa shape index (κ3) is 1.50. The molecule has 0 atom stereocenters. The van der Waals surface area contributed by atoms with Crippen LogP contribution in [0, 0.1) is 0 Å². The van der Waals surface area contributed by atoms with E-state index in [1.165, 1.54) is 19.3 Å². The van der Waals surface area contributed by atoms with E-state index >= 15 is 0 Å². The van der Waals surface area contributed by atoms with Gasteiger partial charge in [-0.1, -0.05) is 26.2 Å². The Kier molecular flexibility index (Phi) is 2.69. The molecule has 0 bridgehead atoms. The van der Waals surface area contributed by atoms with E-state index in [1.807, 2.05) is 0 Å². The fourth-order valence-corrected chi connectivity index (χ4v) is 1.75. The largest absolute Gasteiger partial charge is 0.298 e. The average molecular weight is 143 g/mol. The lowest BCUT2D eigenvalue weighted by molar-refractivity contribution is -0.0751. The van der Waals surface area contributed by atoms with Crippen LogP contribution in [0.1, 0.15) is 45.4 Å². The quantitative estimate of drug-likeness (QED) is 0.600. The van der Waals surface area contributed by atoms with Gasteiger partial charge in [0, 0.05) is 0 Å². The molecule has 1 saturated carbocycles. The second kappa shape index (κ2) is 3.35. The zero-order chi connectivity index (χ0) is 7.45. The smallest absolute Gasteiger partial charge is 0.0891 e. The van der Waals surface area contributed by atoms with Crippen LogP contribution in [0.25, 0.3) is 0 Å². The zero-order valence-electron chi connectivity index (χ0n) is 6.73. The third-order valence-electron chi connectivity index (χ3n) is 2.66. The highest BCUT2D eigenvalue weighted by atomic mass is 16.6. The van der Waals surface area contributed by atoms with Gasteiger partial charge in [-0.2, -0.15) is 0 Å². The fourth-order valence-electron chi connectivity index (χ4n) is 1.75. The maximum absolute atomic E-state index is 5.25. The minimum absolute atomic E-state index is 0.0399. The molecule has 60 valence electrons. The molecule has 0 amide bonds. The van der Waals surface area contributed by atoms with Gasteiger partial charge in [0.2, 0.25) is 0 Å². The number of hydrogen-bond donors (Lipinski definition) is 1. The molecule has 2 N–H and O–H groups in total. The topological polar surface area (TPSA) is 35.2 Å². The molecule has 0 heterocycles. The molecule has 2 heteroatoms. The van der Waals surface area contributed by atoms with Crippen LogP contribution in [0.3, 0.4) is 0 Å². The van der Waals surface area contributed by atoms with Crippen molar-refractivity contribution in [1.82, 2.24) is 0 Å². The predicted octanol–water partition coefficient (Wildman–Crippen LogP) is 1.99. The van der Waals surface area contributed by atoms with Crippen LogP contribution in [0.4, 0.5) is 0 Å². The molecular formula is C8H17NO. The van der Waals surface area contributed by atoms with Crippen molar-refractivity contribution in [2.24, 2.45) is 5.90 Å². The predicted molar refractivity (Wildman–Crippen MR) is 41.4 cm³/mol. The first-order valence-corrected chi connectivity index (χ1v) is 4.21. The van der Waals surface area contributed by atoms with Gasteiger partial charge in [0.25, 0.3) is 0 Å². The minimum atomic E-state index is 0.0399. The Balaban J connectivity index is 2.44. The molecule has 0 saturated heterocycles. The molecule has 0 aromatic heterocycles. The first-order valence-electron chi connectivity index (χ1n) is 4.21. The Bertz CT molecular complexity index is 91.4. The van der Waals surface area contributed by atoms with Crippen molar-refractivity contribution >= 4 is 0 Å². The normalized spacial score (nSPS) is 24.6. The van der Waals surface area contributed by atoms with Crippen LogP contribution in [0.15, 0.2) is 0 Å². The fraction of sp³-hybridized carbons (Fsp3) is 1.00. The second-order valence-corrected chi connectivity index (χ2v) is 3.22. The van der Waals surface area contributed by atoms with Crippen molar-refractivity contribution in [2.45, 2.75) is 51.0 Å². The van der Waals surface area contributed by atoms with Crippen molar-refractivity contribution in [2.75, 3.05) is 0 Å². The lowest BCUT2D eigenvalue weighted by Crippen LogP contribution is -2.36. The molecule has 1 aliphatic rings. The third-order valence-corrected chi connectivity index (χ3v) is 2.66. The first-order chi connectivity index (χ1) is 4.83. The van der Waals surface area contributed by atoms with E-state index < -0.39 is 0 Å². The summed E-state index contributed by atoms with van der Waals surface area (Å²) in [6.45, 7) is 2.15. The van der Waals surface area contributed by atoms with Crippen molar-refractivity contribution in [1.29, 1.82) is 0 Å². The summed E-state index contributed by atoms with van der Waals surface area (Å²) < 4.78 is 0. The Morgan fingerprint density at radius 3 is 2.20 bits per heavy atom. The van der Waals surface area contributed by atoms with E-state index in [0.717, 1.165) is 19.3 Å². The lowest BCUT2D eigenvalue weighted by atomic mass is 9.83. The van der Waals surface area contributed by atoms with E-state index in [1.54, 1.807) is 0 Å². The Labute approximate surface area is 62.7 Å². The summed E-state index contributed by atoms with van der Waals surface area (Å²) in [6.07, 6.45) is 7.28. The van der Waals surface area contributed by atoms with Crippen LogP contribution < -0.4 is 5.90 Å².